The Morgan fingerprint density at radius 2 is 1.87 bits per heavy atom. The summed E-state index contributed by atoms with van der Waals surface area (Å²) in [7, 11) is 0. The van der Waals surface area contributed by atoms with E-state index in [0.29, 0.717) is 0 Å². The van der Waals surface area contributed by atoms with Crippen LogP contribution in [0.2, 0.25) is 0 Å². The molecule has 0 aliphatic rings. The average molecular weight is 321 g/mol. The van der Waals surface area contributed by atoms with Crippen LogP contribution in [0.25, 0.3) is 0 Å². The zero-order valence-electron chi connectivity index (χ0n) is 12.0. The molecular formula is C15H13F2N3O3. The fourth-order valence-corrected chi connectivity index (χ4v) is 1.88. The van der Waals surface area contributed by atoms with Gasteiger partial charge < -0.3 is 10.6 Å². The third-order valence-electron chi connectivity index (χ3n) is 3.05. The Morgan fingerprint density at radius 1 is 1.17 bits per heavy atom. The van der Waals surface area contributed by atoms with Crippen molar-refractivity contribution >= 4 is 23.0 Å². The largest absolute Gasteiger partial charge is 0.374 e. The Labute approximate surface area is 130 Å². The number of benzene rings is 2. The van der Waals surface area contributed by atoms with Gasteiger partial charge in [0.05, 0.1) is 4.92 Å². The summed E-state index contributed by atoms with van der Waals surface area (Å²) in [6.45, 7) is 1.49. The first-order valence-corrected chi connectivity index (χ1v) is 6.64. The van der Waals surface area contributed by atoms with Crippen molar-refractivity contribution in [2.24, 2.45) is 0 Å². The summed E-state index contributed by atoms with van der Waals surface area (Å²) in [5.41, 5.74) is 0.0384. The number of para-hydroxylation sites is 2. The van der Waals surface area contributed by atoms with Gasteiger partial charge in [0.1, 0.15) is 11.7 Å². The second-order valence-corrected chi connectivity index (χ2v) is 4.76. The molecule has 0 saturated heterocycles. The number of carbonyl (C=O) groups is 1. The van der Waals surface area contributed by atoms with E-state index in [4.69, 9.17) is 0 Å². The highest BCUT2D eigenvalue weighted by molar-refractivity contribution is 5.97. The highest BCUT2D eigenvalue weighted by atomic mass is 19.2. The van der Waals surface area contributed by atoms with E-state index in [0.717, 1.165) is 12.1 Å². The van der Waals surface area contributed by atoms with E-state index in [2.05, 4.69) is 10.6 Å². The van der Waals surface area contributed by atoms with Gasteiger partial charge in [-0.25, -0.2) is 8.78 Å². The molecule has 8 heteroatoms. The van der Waals surface area contributed by atoms with Crippen molar-refractivity contribution in [3.05, 3.63) is 64.2 Å². The summed E-state index contributed by atoms with van der Waals surface area (Å²) >= 11 is 0. The smallest absolute Gasteiger partial charge is 0.292 e. The number of amides is 1. The predicted molar refractivity (Wildman–Crippen MR) is 81.2 cm³/mol. The van der Waals surface area contributed by atoms with Gasteiger partial charge in [0.2, 0.25) is 5.91 Å². The third kappa shape index (κ3) is 4.00. The van der Waals surface area contributed by atoms with Crippen LogP contribution in [-0.2, 0) is 4.79 Å². The molecule has 2 rings (SSSR count). The molecular weight excluding hydrogens is 308 g/mol. The van der Waals surface area contributed by atoms with Crippen LogP contribution in [0.15, 0.2) is 42.5 Å². The summed E-state index contributed by atoms with van der Waals surface area (Å²) in [6, 6.07) is 8.03. The van der Waals surface area contributed by atoms with Crippen molar-refractivity contribution in [3.63, 3.8) is 0 Å². The number of halogens is 2. The maximum Gasteiger partial charge on any atom is 0.292 e. The number of hydrogen-bond donors (Lipinski definition) is 2. The van der Waals surface area contributed by atoms with Crippen LogP contribution in [0.5, 0.6) is 0 Å². The van der Waals surface area contributed by atoms with Gasteiger partial charge in [-0.1, -0.05) is 12.1 Å². The van der Waals surface area contributed by atoms with E-state index >= 15 is 0 Å². The number of nitrogens with zero attached hydrogens (tertiary/aromatic N) is 1. The Hall–Kier alpha value is -3.03. The van der Waals surface area contributed by atoms with Crippen LogP contribution in [-0.4, -0.2) is 16.9 Å². The Balaban J connectivity index is 2.08. The minimum Gasteiger partial charge on any atom is -0.374 e. The van der Waals surface area contributed by atoms with Crippen LogP contribution >= 0.6 is 0 Å². The zero-order valence-corrected chi connectivity index (χ0v) is 12.0. The van der Waals surface area contributed by atoms with Crippen LogP contribution < -0.4 is 10.6 Å². The van der Waals surface area contributed by atoms with Crippen molar-refractivity contribution in [1.82, 2.24) is 0 Å². The van der Waals surface area contributed by atoms with Gasteiger partial charge in [0.25, 0.3) is 5.69 Å². The number of nitro benzene ring substituents is 1. The van der Waals surface area contributed by atoms with E-state index < -0.39 is 28.5 Å². The summed E-state index contributed by atoms with van der Waals surface area (Å²) < 4.78 is 26.0. The maximum atomic E-state index is 13.1. The van der Waals surface area contributed by atoms with E-state index in [-0.39, 0.29) is 17.1 Å². The molecule has 2 aromatic rings. The quantitative estimate of drug-likeness (QED) is 0.653. The van der Waals surface area contributed by atoms with Gasteiger partial charge in [-0.15, -0.1) is 0 Å². The molecule has 0 saturated carbocycles. The molecule has 1 amide bonds. The Kier molecular flexibility index (Phi) is 4.85. The molecule has 1 unspecified atom stereocenters. The van der Waals surface area contributed by atoms with E-state index in [9.17, 15) is 23.7 Å². The lowest BCUT2D eigenvalue weighted by Gasteiger charge is -2.15. The zero-order chi connectivity index (χ0) is 17.0. The fraction of sp³-hybridized carbons (Fsp3) is 0.133. The molecule has 0 aliphatic heterocycles. The number of carbonyl (C=O) groups excluding carboxylic acids is 1. The SMILES string of the molecule is CC(Nc1ccc(F)c(F)c1)C(=O)Nc1ccccc1[N+](=O)[O-]. The number of anilines is 2. The van der Waals surface area contributed by atoms with E-state index in [1.807, 2.05) is 0 Å². The summed E-state index contributed by atoms with van der Waals surface area (Å²) in [6.07, 6.45) is 0. The molecule has 6 nitrogen and oxygen atoms in total. The highest BCUT2D eigenvalue weighted by Gasteiger charge is 2.18. The van der Waals surface area contributed by atoms with Gasteiger partial charge in [-0.2, -0.15) is 0 Å². The summed E-state index contributed by atoms with van der Waals surface area (Å²) in [5.74, 6) is -2.59. The number of nitro groups is 1. The molecule has 0 aliphatic carbocycles. The van der Waals surface area contributed by atoms with Crippen LogP contribution in [0.3, 0.4) is 0 Å². The molecule has 0 bridgehead atoms. The van der Waals surface area contributed by atoms with E-state index in [1.165, 1.54) is 31.2 Å². The molecule has 0 radical (unpaired) electrons. The van der Waals surface area contributed by atoms with Crippen molar-refractivity contribution in [1.29, 1.82) is 0 Å². The van der Waals surface area contributed by atoms with Crippen molar-refractivity contribution in [3.8, 4) is 0 Å². The van der Waals surface area contributed by atoms with Crippen LogP contribution in [0.4, 0.5) is 25.8 Å². The van der Waals surface area contributed by atoms with Crippen molar-refractivity contribution < 1.29 is 18.5 Å². The van der Waals surface area contributed by atoms with Gasteiger partial charge in [-0.05, 0) is 25.1 Å². The van der Waals surface area contributed by atoms with Crippen molar-refractivity contribution in [2.45, 2.75) is 13.0 Å². The molecule has 0 heterocycles. The number of rotatable bonds is 5. The monoisotopic (exact) mass is 321 g/mol. The predicted octanol–water partition coefficient (Wildman–Crippen LogP) is 3.31. The lowest BCUT2D eigenvalue weighted by atomic mass is 10.2. The number of hydrogen-bond acceptors (Lipinski definition) is 4. The van der Waals surface area contributed by atoms with Crippen LogP contribution in [0.1, 0.15) is 6.92 Å². The third-order valence-corrected chi connectivity index (χ3v) is 3.05. The molecule has 2 aromatic carbocycles. The fourth-order valence-electron chi connectivity index (χ4n) is 1.88. The second kappa shape index (κ2) is 6.82. The Morgan fingerprint density at radius 3 is 2.52 bits per heavy atom. The molecule has 0 aromatic heterocycles. The minimum atomic E-state index is -1.04. The average Bonchev–Trinajstić information content (AvgIpc) is 2.51. The second-order valence-electron chi connectivity index (χ2n) is 4.76. The van der Waals surface area contributed by atoms with E-state index in [1.54, 1.807) is 6.07 Å². The highest BCUT2D eigenvalue weighted by Crippen LogP contribution is 2.23. The molecule has 23 heavy (non-hydrogen) atoms. The van der Waals surface area contributed by atoms with Gasteiger partial charge in [0.15, 0.2) is 11.6 Å². The minimum absolute atomic E-state index is 0.0569. The van der Waals surface area contributed by atoms with Crippen molar-refractivity contribution in [2.75, 3.05) is 10.6 Å². The van der Waals surface area contributed by atoms with Gasteiger partial charge >= 0.3 is 0 Å². The maximum absolute atomic E-state index is 13.1. The topological polar surface area (TPSA) is 84.3 Å². The lowest BCUT2D eigenvalue weighted by Crippen LogP contribution is -2.32. The molecule has 0 spiro atoms. The molecule has 2 N–H and O–H groups in total. The molecule has 120 valence electrons. The lowest BCUT2D eigenvalue weighted by molar-refractivity contribution is -0.383. The standard InChI is InChI=1S/C15H13F2N3O3/c1-9(18-10-6-7-11(16)12(17)8-10)15(21)19-13-4-2-3-5-14(13)20(22)23/h2-9,18H,1H3,(H,19,21). The van der Waals surface area contributed by atoms with Crippen LogP contribution in [0, 0.1) is 21.7 Å². The first kappa shape index (κ1) is 16.3. The first-order valence-electron chi connectivity index (χ1n) is 6.64. The first-order chi connectivity index (χ1) is 10.9. The summed E-state index contributed by atoms with van der Waals surface area (Å²) in [5, 5.41) is 16.0. The summed E-state index contributed by atoms with van der Waals surface area (Å²) in [4.78, 5) is 22.4. The normalized spacial score (nSPS) is 11.6. The van der Waals surface area contributed by atoms with Gasteiger partial charge in [0, 0.05) is 17.8 Å². The Bertz CT molecular complexity index is 752. The molecule has 1 atom stereocenters. The van der Waals surface area contributed by atoms with Gasteiger partial charge in [-0.3, -0.25) is 14.9 Å². The number of nitrogens with one attached hydrogen (secondary N) is 2. The molecule has 0 fully saturated rings.